The van der Waals surface area contributed by atoms with E-state index in [4.69, 9.17) is 9.47 Å². The lowest BCUT2D eigenvalue weighted by Gasteiger charge is -2.15. The molecule has 0 atom stereocenters. The summed E-state index contributed by atoms with van der Waals surface area (Å²) in [5.41, 5.74) is 0.0259. The van der Waals surface area contributed by atoms with Crippen molar-refractivity contribution in [2.75, 3.05) is 25.1 Å². The maximum Gasteiger partial charge on any atom is 0.270 e. The Labute approximate surface area is 171 Å². The van der Waals surface area contributed by atoms with E-state index in [0.717, 1.165) is 17.0 Å². The third-order valence-corrected chi connectivity index (χ3v) is 4.29. The first kappa shape index (κ1) is 20.8. The quantitative estimate of drug-likeness (QED) is 0.400. The highest BCUT2D eigenvalue weighted by Gasteiger charge is 2.37. The summed E-state index contributed by atoms with van der Waals surface area (Å²) >= 11 is 0. The van der Waals surface area contributed by atoms with Crippen molar-refractivity contribution < 1.29 is 28.8 Å². The van der Waals surface area contributed by atoms with Crippen LogP contribution in [-0.4, -0.2) is 47.3 Å². The predicted octanol–water partition coefficient (Wildman–Crippen LogP) is 2.63. The molecular weight excluding hydrogens is 394 g/mol. The van der Waals surface area contributed by atoms with Gasteiger partial charge >= 0.3 is 0 Å². The smallest absolute Gasteiger partial charge is 0.270 e. The molecule has 0 unspecified atom stereocenters. The van der Waals surface area contributed by atoms with E-state index in [2.05, 4.69) is 5.32 Å². The van der Waals surface area contributed by atoms with Crippen LogP contribution < -0.4 is 14.8 Å². The van der Waals surface area contributed by atoms with E-state index in [1.54, 1.807) is 18.2 Å². The molecule has 0 saturated heterocycles. The van der Waals surface area contributed by atoms with Gasteiger partial charge in [-0.15, -0.1) is 0 Å². The zero-order valence-electron chi connectivity index (χ0n) is 16.3. The molecule has 0 aromatic heterocycles. The summed E-state index contributed by atoms with van der Waals surface area (Å²) in [6.07, 6.45) is 0. The van der Waals surface area contributed by atoms with Crippen LogP contribution in [0.3, 0.4) is 0 Å². The van der Waals surface area contributed by atoms with Crippen LogP contribution in [0.2, 0.25) is 0 Å². The van der Waals surface area contributed by atoms with Gasteiger partial charge in [-0.3, -0.25) is 29.4 Å². The molecule has 0 aliphatic carbocycles. The number of rotatable bonds is 8. The minimum atomic E-state index is -0.754. The van der Waals surface area contributed by atoms with Crippen molar-refractivity contribution in [2.45, 2.75) is 13.8 Å². The molecule has 1 N–H and O–H groups in total. The van der Waals surface area contributed by atoms with Crippen molar-refractivity contribution >= 4 is 29.1 Å². The first-order chi connectivity index (χ1) is 14.3. The Hall–Kier alpha value is -3.95. The van der Waals surface area contributed by atoms with Gasteiger partial charge in [0.1, 0.15) is 6.54 Å². The highest BCUT2D eigenvalue weighted by molar-refractivity contribution is 6.23. The van der Waals surface area contributed by atoms with Gasteiger partial charge < -0.3 is 14.8 Å². The monoisotopic (exact) mass is 413 g/mol. The molecule has 1 aliphatic heterocycles. The minimum Gasteiger partial charge on any atom is -0.490 e. The minimum absolute atomic E-state index is 0.0260. The van der Waals surface area contributed by atoms with Gasteiger partial charge in [-0.25, -0.2) is 0 Å². The van der Waals surface area contributed by atoms with E-state index >= 15 is 0 Å². The average Bonchev–Trinajstić information content (AvgIpc) is 2.94. The van der Waals surface area contributed by atoms with Gasteiger partial charge in [0.05, 0.1) is 29.3 Å². The Bertz CT molecular complexity index is 1040. The average molecular weight is 413 g/mol. The maximum atomic E-state index is 12.5. The number of imide groups is 1. The van der Waals surface area contributed by atoms with Crippen LogP contribution in [0.15, 0.2) is 36.4 Å². The van der Waals surface area contributed by atoms with Gasteiger partial charge in [0.25, 0.3) is 17.5 Å². The van der Waals surface area contributed by atoms with Crippen LogP contribution in [0, 0.1) is 10.1 Å². The van der Waals surface area contributed by atoms with Gasteiger partial charge in [-0.1, -0.05) is 0 Å². The van der Waals surface area contributed by atoms with E-state index in [1.807, 2.05) is 13.8 Å². The number of hydrogen-bond acceptors (Lipinski definition) is 7. The van der Waals surface area contributed by atoms with Crippen LogP contribution in [0.25, 0.3) is 0 Å². The van der Waals surface area contributed by atoms with Gasteiger partial charge in [-0.05, 0) is 32.0 Å². The van der Waals surface area contributed by atoms with Crippen molar-refractivity contribution in [1.82, 2.24) is 4.90 Å². The number of nitro benzene ring substituents is 1. The number of ether oxygens (including phenoxy) is 2. The van der Waals surface area contributed by atoms with Crippen molar-refractivity contribution in [3.05, 3.63) is 57.6 Å². The molecule has 0 radical (unpaired) electrons. The number of carbonyl (C=O) groups is 3. The van der Waals surface area contributed by atoms with E-state index in [0.29, 0.717) is 30.4 Å². The van der Waals surface area contributed by atoms with Gasteiger partial charge in [0, 0.05) is 23.9 Å². The molecule has 156 valence electrons. The summed E-state index contributed by atoms with van der Waals surface area (Å²) in [5.74, 6) is -1.06. The molecule has 30 heavy (non-hydrogen) atoms. The van der Waals surface area contributed by atoms with Gasteiger partial charge in [0.2, 0.25) is 5.91 Å². The molecule has 10 heteroatoms. The first-order valence-electron chi connectivity index (χ1n) is 9.19. The molecule has 3 amide bonds. The molecule has 1 aliphatic rings. The fourth-order valence-electron chi connectivity index (χ4n) is 3.01. The highest BCUT2D eigenvalue weighted by atomic mass is 16.6. The van der Waals surface area contributed by atoms with E-state index in [-0.39, 0.29) is 16.8 Å². The normalized spacial score (nSPS) is 12.5. The molecule has 1 heterocycles. The topological polar surface area (TPSA) is 128 Å². The van der Waals surface area contributed by atoms with Crippen LogP contribution in [0.1, 0.15) is 34.6 Å². The van der Waals surface area contributed by atoms with Crippen molar-refractivity contribution in [2.24, 2.45) is 0 Å². The standard InChI is InChI=1S/C20H19N3O7/c1-3-29-16-8-5-12(9-17(16)30-4-2)21-18(24)11-22-19(25)14-7-6-13(23(27)28)10-15(14)20(22)26/h5-10H,3-4,11H2,1-2H3,(H,21,24). The lowest BCUT2D eigenvalue weighted by molar-refractivity contribution is -0.384. The Morgan fingerprint density at radius 1 is 1.00 bits per heavy atom. The number of nitrogens with one attached hydrogen (secondary N) is 1. The summed E-state index contributed by atoms with van der Waals surface area (Å²) in [7, 11) is 0. The largest absolute Gasteiger partial charge is 0.490 e. The number of carbonyl (C=O) groups excluding carboxylic acids is 3. The van der Waals surface area contributed by atoms with Crippen molar-refractivity contribution in [3.8, 4) is 11.5 Å². The lowest BCUT2D eigenvalue weighted by atomic mass is 10.1. The number of anilines is 1. The first-order valence-corrected chi connectivity index (χ1v) is 9.19. The Kier molecular flexibility index (Phi) is 5.95. The van der Waals surface area contributed by atoms with E-state index in [1.165, 1.54) is 6.07 Å². The SMILES string of the molecule is CCOc1ccc(NC(=O)CN2C(=O)c3ccc([N+](=O)[O-])cc3C2=O)cc1OCC. The lowest BCUT2D eigenvalue weighted by Crippen LogP contribution is -2.37. The molecule has 10 nitrogen and oxygen atoms in total. The number of nitro groups is 1. The summed E-state index contributed by atoms with van der Waals surface area (Å²) in [5, 5.41) is 13.5. The number of fused-ring (bicyclic) bond motifs is 1. The second kappa shape index (κ2) is 8.60. The number of amides is 3. The van der Waals surface area contributed by atoms with Crippen LogP contribution >= 0.6 is 0 Å². The fourth-order valence-corrected chi connectivity index (χ4v) is 3.01. The molecule has 2 aromatic rings. The second-order valence-electron chi connectivity index (χ2n) is 6.26. The number of benzene rings is 2. The fraction of sp³-hybridized carbons (Fsp3) is 0.250. The maximum absolute atomic E-state index is 12.5. The Morgan fingerprint density at radius 2 is 1.67 bits per heavy atom. The summed E-state index contributed by atoms with van der Waals surface area (Å²) in [6, 6.07) is 8.23. The number of nitrogens with zero attached hydrogens (tertiary/aromatic N) is 2. The summed E-state index contributed by atoms with van der Waals surface area (Å²) in [4.78, 5) is 48.4. The Morgan fingerprint density at radius 3 is 2.33 bits per heavy atom. The Balaban J connectivity index is 1.73. The molecule has 0 bridgehead atoms. The molecular formula is C20H19N3O7. The van der Waals surface area contributed by atoms with E-state index in [9.17, 15) is 24.5 Å². The highest BCUT2D eigenvalue weighted by Crippen LogP contribution is 2.31. The van der Waals surface area contributed by atoms with Crippen LogP contribution in [0.5, 0.6) is 11.5 Å². The summed E-state index contributed by atoms with van der Waals surface area (Å²) < 4.78 is 11.0. The van der Waals surface area contributed by atoms with Crippen molar-refractivity contribution in [3.63, 3.8) is 0 Å². The number of non-ortho nitro benzene ring substituents is 1. The van der Waals surface area contributed by atoms with Crippen LogP contribution in [-0.2, 0) is 4.79 Å². The molecule has 0 saturated carbocycles. The third-order valence-electron chi connectivity index (χ3n) is 4.29. The summed E-state index contributed by atoms with van der Waals surface area (Å²) in [6.45, 7) is 3.97. The number of hydrogen-bond donors (Lipinski definition) is 1. The second-order valence-corrected chi connectivity index (χ2v) is 6.26. The van der Waals surface area contributed by atoms with Gasteiger partial charge in [0.15, 0.2) is 11.5 Å². The zero-order chi connectivity index (χ0) is 21.8. The predicted molar refractivity (Wildman–Crippen MR) is 106 cm³/mol. The van der Waals surface area contributed by atoms with Gasteiger partial charge in [-0.2, -0.15) is 0 Å². The molecule has 2 aromatic carbocycles. The van der Waals surface area contributed by atoms with Crippen LogP contribution in [0.4, 0.5) is 11.4 Å². The molecule has 0 fully saturated rings. The third kappa shape index (κ3) is 4.07. The zero-order valence-corrected chi connectivity index (χ0v) is 16.3. The molecule has 3 rings (SSSR count). The van der Waals surface area contributed by atoms with Crippen molar-refractivity contribution in [1.29, 1.82) is 0 Å². The van der Waals surface area contributed by atoms with E-state index < -0.39 is 29.2 Å². The molecule has 0 spiro atoms.